The Kier molecular flexibility index (Phi) is 3.54. The molecule has 0 heterocycles. The van der Waals surface area contributed by atoms with Crippen molar-refractivity contribution < 1.29 is 23.1 Å². The third-order valence-electron chi connectivity index (χ3n) is 1.83. The standard InChI is InChI=1S/C9H10F3NO2/c1-15-13-5-6-3-2-4-7(8(6)14)9(10,11)12/h2-4,13-14H,5H2,1H3. The monoisotopic (exact) mass is 221 g/mol. The summed E-state index contributed by atoms with van der Waals surface area (Å²) in [7, 11) is 1.34. The van der Waals surface area contributed by atoms with Crippen LogP contribution in [0.25, 0.3) is 0 Å². The summed E-state index contributed by atoms with van der Waals surface area (Å²) in [6.07, 6.45) is -4.55. The van der Waals surface area contributed by atoms with Gasteiger partial charge in [-0.1, -0.05) is 12.1 Å². The van der Waals surface area contributed by atoms with Gasteiger partial charge in [-0.15, -0.1) is 0 Å². The van der Waals surface area contributed by atoms with Crippen LogP contribution in [0.5, 0.6) is 5.75 Å². The maximum absolute atomic E-state index is 12.3. The average Bonchev–Trinajstić information content (AvgIpc) is 2.14. The van der Waals surface area contributed by atoms with E-state index in [2.05, 4.69) is 10.3 Å². The van der Waals surface area contributed by atoms with Gasteiger partial charge >= 0.3 is 6.18 Å². The minimum Gasteiger partial charge on any atom is -0.507 e. The third-order valence-corrected chi connectivity index (χ3v) is 1.83. The highest BCUT2D eigenvalue weighted by Crippen LogP contribution is 2.37. The average molecular weight is 221 g/mol. The lowest BCUT2D eigenvalue weighted by molar-refractivity contribution is -0.138. The van der Waals surface area contributed by atoms with Crippen molar-refractivity contribution >= 4 is 0 Å². The molecule has 0 unspecified atom stereocenters. The Hall–Kier alpha value is -1.27. The van der Waals surface area contributed by atoms with E-state index in [1.54, 1.807) is 0 Å². The summed E-state index contributed by atoms with van der Waals surface area (Å²) >= 11 is 0. The van der Waals surface area contributed by atoms with Crippen molar-refractivity contribution in [3.8, 4) is 5.75 Å². The van der Waals surface area contributed by atoms with Crippen LogP contribution in [0.3, 0.4) is 0 Å². The summed E-state index contributed by atoms with van der Waals surface area (Å²) in [5.41, 5.74) is 1.44. The number of rotatable bonds is 3. The number of benzene rings is 1. The quantitative estimate of drug-likeness (QED) is 0.767. The second kappa shape index (κ2) is 4.50. The molecular weight excluding hydrogens is 211 g/mol. The van der Waals surface area contributed by atoms with Crippen LogP contribution in [0.15, 0.2) is 18.2 Å². The van der Waals surface area contributed by atoms with Crippen LogP contribution < -0.4 is 5.48 Å². The smallest absolute Gasteiger partial charge is 0.419 e. The summed E-state index contributed by atoms with van der Waals surface area (Å²) in [5, 5.41) is 9.34. The highest BCUT2D eigenvalue weighted by molar-refractivity contribution is 5.41. The zero-order valence-electron chi connectivity index (χ0n) is 7.93. The van der Waals surface area contributed by atoms with E-state index in [0.717, 1.165) is 6.07 Å². The number of hydrogen-bond donors (Lipinski definition) is 2. The molecule has 0 spiro atoms. The molecule has 0 atom stereocenters. The first-order valence-electron chi connectivity index (χ1n) is 4.10. The van der Waals surface area contributed by atoms with Gasteiger partial charge in [0, 0.05) is 12.1 Å². The van der Waals surface area contributed by atoms with E-state index in [9.17, 15) is 18.3 Å². The topological polar surface area (TPSA) is 41.5 Å². The molecule has 84 valence electrons. The maximum atomic E-state index is 12.3. The number of alkyl halides is 3. The molecule has 6 heteroatoms. The second-order valence-corrected chi connectivity index (χ2v) is 2.84. The van der Waals surface area contributed by atoms with Crippen LogP contribution >= 0.6 is 0 Å². The Morgan fingerprint density at radius 2 is 2.07 bits per heavy atom. The Balaban J connectivity index is 3.01. The summed E-state index contributed by atoms with van der Waals surface area (Å²) in [6.45, 7) is 0.00620. The number of para-hydroxylation sites is 1. The van der Waals surface area contributed by atoms with Crippen LogP contribution in [-0.2, 0) is 17.6 Å². The van der Waals surface area contributed by atoms with Crippen molar-refractivity contribution in [3.63, 3.8) is 0 Å². The molecule has 0 aliphatic carbocycles. The predicted molar refractivity (Wildman–Crippen MR) is 47.0 cm³/mol. The maximum Gasteiger partial charge on any atom is 0.419 e. The minimum atomic E-state index is -4.55. The predicted octanol–water partition coefficient (Wildman–Crippen LogP) is 2.06. The Labute approximate surface area is 84.4 Å². The first-order chi connectivity index (χ1) is 6.96. The lowest BCUT2D eigenvalue weighted by Gasteiger charge is -2.12. The molecule has 0 aromatic heterocycles. The van der Waals surface area contributed by atoms with Gasteiger partial charge in [0.05, 0.1) is 12.7 Å². The van der Waals surface area contributed by atoms with Crippen molar-refractivity contribution in [2.75, 3.05) is 7.11 Å². The number of hydrogen-bond acceptors (Lipinski definition) is 3. The summed E-state index contributed by atoms with van der Waals surface area (Å²) in [6, 6.07) is 3.44. The van der Waals surface area contributed by atoms with Crippen molar-refractivity contribution in [2.24, 2.45) is 0 Å². The summed E-state index contributed by atoms with van der Waals surface area (Å²) in [5.74, 6) is -0.769. The van der Waals surface area contributed by atoms with E-state index >= 15 is 0 Å². The number of hydroxylamine groups is 1. The first-order valence-corrected chi connectivity index (χ1v) is 4.10. The van der Waals surface area contributed by atoms with E-state index in [-0.39, 0.29) is 12.1 Å². The van der Waals surface area contributed by atoms with Crippen LogP contribution in [0.4, 0.5) is 13.2 Å². The SMILES string of the molecule is CONCc1cccc(C(F)(F)F)c1O. The van der Waals surface area contributed by atoms with Crippen LogP contribution in [0.1, 0.15) is 11.1 Å². The fourth-order valence-corrected chi connectivity index (χ4v) is 1.11. The van der Waals surface area contributed by atoms with Crippen LogP contribution in [0, 0.1) is 0 Å². The molecule has 3 nitrogen and oxygen atoms in total. The molecule has 0 saturated carbocycles. The third kappa shape index (κ3) is 2.84. The van der Waals surface area contributed by atoms with E-state index in [0.29, 0.717) is 0 Å². The molecule has 2 N–H and O–H groups in total. The Morgan fingerprint density at radius 3 is 2.60 bits per heavy atom. The zero-order chi connectivity index (χ0) is 11.5. The van der Waals surface area contributed by atoms with Crippen molar-refractivity contribution in [1.82, 2.24) is 5.48 Å². The van der Waals surface area contributed by atoms with Crippen LogP contribution in [0.2, 0.25) is 0 Å². The largest absolute Gasteiger partial charge is 0.507 e. The molecule has 15 heavy (non-hydrogen) atoms. The van der Waals surface area contributed by atoms with Gasteiger partial charge < -0.3 is 9.94 Å². The normalized spacial score (nSPS) is 11.7. The van der Waals surface area contributed by atoms with Gasteiger partial charge in [-0.05, 0) is 6.07 Å². The zero-order valence-corrected chi connectivity index (χ0v) is 7.93. The molecule has 0 aliphatic heterocycles. The lowest BCUT2D eigenvalue weighted by atomic mass is 10.1. The van der Waals surface area contributed by atoms with Gasteiger partial charge in [0.25, 0.3) is 0 Å². The first kappa shape index (κ1) is 11.8. The summed E-state index contributed by atoms with van der Waals surface area (Å²) in [4.78, 5) is 4.48. The number of aromatic hydroxyl groups is 1. The van der Waals surface area contributed by atoms with E-state index in [1.807, 2.05) is 0 Å². The van der Waals surface area contributed by atoms with Gasteiger partial charge in [-0.2, -0.15) is 18.7 Å². The molecule has 1 aromatic rings. The number of phenolic OH excluding ortho intramolecular Hbond substituents is 1. The molecule has 1 aromatic carbocycles. The van der Waals surface area contributed by atoms with Gasteiger partial charge in [-0.3, -0.25) is 0 Å². The number of nitrogens with one attached hydrogen (secondary N) is 1. The molecule has 0 amide bonds. The molecule has 0 bridgehead atoms. The van der Waals surface area contributed by atoms with Crippen molar-refractivity contribution in [2.45, 2.75) is 12.7 Å². The fraction of sp³-hybridized carbons (Fsp3) is 0.333. The van der Waals surface area contributed by atoms with E-state index in [1.165, 1.54) is 19.2 Å². The van der Waals surface area contributed by atoms with Gasteiger partial charge in [0.1, 0.15) is 5.75 Å². The molecule has 0 saturated heterocycles. The Morgan fingerprint density at radius 1 is 1.40 bits per heavy atom. The fourth-order valence-electron chi connectivity index (χ4n) is 1.11. The molecule has 1 rings (SSSR count). The lowest BCUT2D eigenvalue weighted by Crippen LogP contribution is -2.12. The number of phenols is 1. The Bertz CT molecular complexity index is 339. The summed E-state index contributed by atoms with van der Waals surface area (Å²) < 4.78 is 37.0. The van der Waals surface area contributed by atoms with Crippen molar-refractivity contribution in [3.05, 3.63) is 29.3 Å². The molecule has 0 fully saturated rings. The second-order valence-electron chi connectivity index (χ2n) is 2.84. The van der Waals surface area contributed by atoms with Crippen LogP contribution in [-0.4, -0.2) is 12.2 Å². The van der Waals surface area contributed by atoms with E-state index < -0.39 is 17.5 Å². The molecular formula is C9H10F3NO2. The van der Waals surface area contributed by atoms with Gasteiger partial charge in [0.2, 0.25) is 0 Å². The minimum absolute atomic E-state index is 0.00620. The highest BCUT2D eigenvalue weighted by atomic mass is 19.4. The van der Waals surface area contributed by atoms with Crippen molar-refractivity contribution in [1.29, 1.82) is 0 Å². The number of halogens is 3. The van der Waals surface area contributed by atoms with E-state index in [4.69, 9.17) is 0 Å². The van der Waals surface area contributed by atoms with Gasteiger partial charge in [0.15, 0.2) is 0 Å². The molecule has 0 aliphatic rings. The highest BCUT2D eigenvalue weighted by Gasteiger charge is 2.34. The van der Waals surface area contributed by atoms with Gasteiger partial charge in [-0.25, -0.2) is 0 Å². The molecule has 0 radical (unpaired) electrons.